The van der Waals surface area contributed by atoms with Gasteiger partial charge in [-0.05, 0) is 27.8 Å². The lowest BCUT2D eigenvalue weighted by Gasteiger charge is -2.23. The Hall–Kier alpha value is -5.46. The van der Waals surface area contributed by atoms with Crippen molar-refractivity contribution < 1.29 is 19.1 Å². The zero-order chi connectivity index (χ0) is 26.8. The maximum Gasteiger partial charge on any atom is 0.339 e. The summed E-state index contributed by atoms with van der Waals surface area (Å²) in [6.07, 6.45) is 0. The van der Waals surface area contributed by atoms with Gasteiger partial charge >= 0.3 is 11.9 Å². The SMILES string of the molecule is COC(=O)c1c(C(=O)OC)c(-c2ccccc2)c2c(c1-c1ccccc1)C(=C(C#N)C#N)c1ccccc1-2. The minimum Gasteiger partial charge on any atom is -0.465 e. The molecule has 0 amide bonds. The Balaban J connectivity index is 2.17. The number of hydrogen-bond donors (Lipinski definition) is 0. The van der Waals surface area contributed by atoms with Gasteiger partial charge in [0.15, 0.2) is 0 Å². The number of esters is 2. The zero-order valence-corrected chi connectivity index (χ0v) is 20.6. The number of benzene rings is 4. The Kier molecular flexibility index (Phi) is 6.31. The van der Waals surface area contributed by atoms with Crippen LogP contribution in [0.4, 0.5) is 0 Å². The molecule has 0 bridgehead atoms. The molecule has 4 aromatic rings. The quantitative estimate of drug-likeness (QED) is 0.210. The average Bonchev–Trinajstić information content (AvgIpc) is 3.31. The van der Waals surface area contributed by atoms with E-state index in [9.17, 15) is 20.1 Å². The Morgan fingerprint density at radius 3 is 1.45 bits per heavy atom. The van der Waals surface area contributed by atoms with Gasteiger partial charge in [0.05, 0.1) is 25.3 Å². The first-order valence-corrected chi connectivity index (χ1v) is 11.7. The number of allylic oxidation sites excluding steroid dienone is 1. The number of rotatable bonds is 4. The van der Waals surface area contributed by atoms with Crippen LogP contribution in [0.3, 0.4) is 0 Å². The number of carbonyl (C=O) groups is 2. The molecule has 0 atom stereocenters. The van der Waals surface area contributed by atoms with Gasteiger partial charge in [-0.15, -0.1) is 0 Å². The van der Waals surface area contributed by atoms with Gasteiger partial charge < -0.3 is 9.47 Å². The van der Waals surface area contributed by atoms with Crippen LogP contribution in [0.5, 0.6) is 0 Å². The molecule has 0 aromatic heterocycles. The lowest BCUT2D eigenvalue weighted by molar-refractivity contribution is 0.0556. The molecule has 5 rings (SSSR count). The standard InChI is InChI=1S/C32H20N2O4/c1-37-31(35)29-25(19-11-5-3-6-12-19)27-23-16-10-9-15-22(23)24(21(17-33)18-34)28(27)26(30(29)32(36)38-2)20-13-7-4-8-14-20/h3-16H,1-2H3. The molecule has 0 aliphatic heterocycles. The second-order valence-corrected chi connectivity index (χ2v) is 8.48. The van der Waals surface area contributed by atoms with E-state index < -0.39 is 11.9 Å². The number of fused-ring (bicyclic) bond motifs is 3. The summed E-state index contributed by atoms with van der Waals surface area (Å²) < 4.78 is 10.4. The normalized spacial score (nSPS) is 11.0. The first kappa shape index (κ1) is 24.2. The second kappa shape index (κ2) is 9.89. The monoisotopic (exact) mass is 496 g/mol. The largest absolute Gasteiger partial charge is 0.465 e. The molecule has 0 saturated heterocycles. The zero-order valence-electron chi connectivity index (χ0n) is 20.6. The number of ether oxygens (including phenoxy) is 2. The predicted molar refractivity (Wildman–Crippen MR) is 143 cm³/mol. The smallest absolute Gasteiger partial charge is 0.339 e. The number of methoxy groups -OCH3 is 2. The first-order valence-electron chi connectivity index (χ1n) is 11.7. The summed E-state index contributed by atoms with van der Waals surface area (Å²) in [6, 6.07) is 29.7. The van der Waals surface area contributed by atoms with Crippen LogP contribution in [0.1, 0.15) is 31.8 Å². The second-order valence-electron chi connectivity index (χ2n) is 8.48. The summed E-state index contributed by atoms with van der Waals surface area (Å²) in [7, 11) is 2.51. The van der Waals surface area contributed by atoms with E-state index in [1.165, 1.54) is 14.2 Å². The molecular weight excluding hydrogens is 476 g/mol. The summed E-state index contributed by atoms with van der Waals surface area (Å²) in [5.41, 5.74) is 5.04. The van der Waals surface area contributed by atoms with Crippen LogP contribution in [0, 0.1) is 22.7 Å². The fraction of sp³-hybridized carbons (Fsp3) is 0.0625. The molecule has 0 radical (unpaired) electrons. The fourth-order valence-corrected chi connectivity index (χ4v) is 5.12. The van der Waals surface area contributed by atoms with Crippen LogP contribution >= 0.6 is 0 Å². The van der Waals surface area contributed by atoms with E-state index in [2.05, 4.69) is 0 Å². The summed E-state index contributed by atoms with van der Waals surface area (Å²) >= 11 is 0. The van der Waals surface area contributed by atoms with Crippen LogP contribution in [-0.4, -0.2) is 26.2 Å². The van der Waals surface area contributed by atoms with Gasteiger partial charge in [-0.25, -0.2) is 9.59 Å². The molecule has 4 aromatic carbocycles. The third-order valence-corrected chi connectivity index (χ3v) is 6.59. The van der Waals surface area contributed by atoms with Crippen molar-refractivity contribution >= 4 is 17.5 Å². The summed E-state index contributed by atoms with van der Waals surface area (Å²) in [5, 5.41) is 20.0. The van der Waals surface area contributed by atoms with Gasteiger partial charge in [0.1, 0.15) is 17.7 Å². The van der Waals surface area contributed by atoms with E-state index in [0.717, 1.165) is 5.56 Å². The highest BCUT2D eigenvalue weighted by atomic mass is 16.5. The van der Waals surface area contributed by atoms with Crippen molar-refractivity contribution in [3.8, 4) is 45.5 Å². The Labute approximate surface area is 219 Å². The van der Waals surface area contributed by atoms with Crippen molar-refractivity contribution in [2.24, 2.45) is 0 Å². The maximum atomic E-state index is 13.5. The van der Waals surface area contributed by atoms with E-state index in [1.807, 2.05) is 97.1 Å². The highest BCUT2D eigenvalue weighted by molar-refractivity contribution is 6.22. The molecule has 0 unspecified atom stereocenters. The highest BCUT2D eigenvalue weighted by Gasteiger charge is 2.39. The summed E-state index contributed by atoms with van der Waals surface area (Å²) in [6.45, 7) is 0. The molecule has 38 heavy (non-hydrogen) atoms. The van der Waals surface area contributed by atoms with Crippen molar-refractivity contribution in [3.05, 3.63) is 113 Å². The third kappa shape index (κ3) is 3.64. The lowest BCUT2D eigenvalue weighted by Crippen LogP contribution is -2.17. The third-order valence-electron chi connectivity index (χ3n) is 6.59. The maximum absolute atomic E-state index is 13.5. The molecule has 0 spiro atoms. The van der Waals surface area contributed by atoms with Crippen LogP contribution in [0.25, 0.3) is 39.0 Å². The molecular formula is C32H20N2O4. The number of carbonyl (C=O) groups excluding carboxylic acids is 2. The number of nitrogens with zero attached hydrogens (tertiary/aromatic N) is 2. The average molecular weight is 497 g/mol. The van der Waals surface area contributed by atoms with Gasteiger partial charge in [0, 0.05) is 22.3 Å². The summed E-state index contributed by atoms with van der Waals surface area (Å²) in [4.78, 5) is 27.1. The molecule has 0 heterocycles. The lowest BCUT2D eigenvalue weighted by atomic mass is 9.80. The molecule has 1 aliphatic rings. The van der Waals surface area contributed by atoms with E-state index >= 15 is 0 Å². The van der Waals surface area contributed by atoms with Gasteiger partial charge in [0.25, 0.3) is 0 Å². The molecule has 6 heteroatoms. The molecule has 1 aliphatic carbocycles. The molecule has 6 nitrogen and oxygen atoms in total. The van der Waals surface area contributed by atoms with Crippen molar-refractivity contribution in [1.29, 1.82) is 10.5 Å². The Morgan fingerprint density at radius 1 is 0.579 bits per heavy atom. The molecule has 0 N–H and O–H groups in total. The van der Waals surface area contributed by atoms with Gasteiger partial charge in [0.2, 0.25) is 0 Å². The minimum atomic E-state index is -0.741. The predicted octanol–water partition coefficient (Wildman–Crippen LogP) is 6.42. The van der Waals surface area contributed by atoms with Crippen LogP contribution in [-0.2, 0) is 9.47 Å². The van der Waals surface area contributed by atoms with Crippen molar-refractivity contribution in [1.82, 2.24) is 0 Å². The van der Waals surface area contributed by atoms with Gasteiger partial charge in [-0.1, -0.05) is 84.9 Å². The van der Waals surface area contributed by atoms with Gasteiger partial charge in [-0.2, -0.15) is 10.5 Å². The van der Waals surface area contributed by atoms with E-state index in [1.54, 1.807) is 0 Å². The number of hydrogen-bond acceptors (Lipinski definition) is 6. The van der Waals surface area contributed by atoms with Crippen molar-refractivity contribution in [2.45, 2.75) is 0 Å². The molecule has 0 fully saturated rings. The topological polar surface area (TPSA) is 100 Å². The molecule has 182 valence electrons. The minimum absolute atomic E-state index is 0.00342. The summed E-state index contributed by atoms with van der Waals surface area (Å²) in [5.74, 6) is -1.45. The van der Waals surface area contributed by atoms with Crippen LogP contribution in [0.15, 0.2) is 90.5 Å². The van der Waals surface area contributed by atoms with E-state index in [-0.39, 0.29) is 16.7 Å². The van der Waals surface area contributed by atoms with Crippen LogP contribution < -0.4 is 0 Å². The Morgan fingerprint density at radius 2 is 1.00 bits per heavy atom. The first-order chi connectivity index (χ1) is 18.6. The van der Waals surface area contributed by atoms with Crippen molar-refractivity contribution in [3.63, 3.8) is 0 Å². The van der Waals surface area contributed by atoms with E-state index in [4.69, 9.17) is 9.47 Å². The highest BCUT2D eigenvalue weighted by Crippen LogP contribution is 2.55. The van der Waals surface area contributed by atoms with E-state index in [0.29, 0.717) is 44.5 Å². The Bertz CT molecular complexity index is 1710. The van der Waals surface area contributed by atoms with Crippen LogP contribution in [0.2, 0.25) is 0 Å². The number of nitriles is 2. The fourth-order valence-electron chi connectivity index (χ4n) is 5.12. The molecule has 0 saturated carbocycles. The van der Waals surface area contributed by atoms with Gasteiger partial charge in [-0.3, -0.25) is 0 Å². The van der Waals surface area contributed by atoms with Crippen molar-refractivity contribution in [2.75, 3.05) is 14.2 Å².